The second kappa shape index (κ2) is 10.4. The Balaban J connectivity index is 0.00000124. The third kappa shape index (κ3) is 5.29. The molecule has 0 spiro atoms. The number of aryl methyl sites for hydroxylation is 1. The van der Waals surface area contributed by atoms with Crippen LogP contribution in [0.15, 0.2) is 40.9 Å². The predicted molar refractivity (Wildman–Crippen MR) is 113 cm³/mol. The van der Waals surface area contributed by atoms with E-state index in [0.29, 0.717) is 23.9 Å². The Morgan fingerprint density at radius 2 is 1.93 bits per heavy atom. The van der Waals surface area contributed by atoms with Gasteiger partial charge < -0.3 is 24.4 Å². The summed E-state index contributed by atoms with van der Waals surface area (Å²) in [5.41, 5.74) is 2.49. The van der Waals surface area contributed by atoms with Crippen LogP contribution in [0.25, 0.3) is 11.0 Å². The quantitative estimate of drug-likeness (QED) is 0.585. The maximum absolute atomic E-state index is 13.3. The van der Waals surface area contributed by atoms with E-state index in [4.69, 9.17) is 14.4 Å². The van der Waals surface area contributed by atoms with Crippen LogP contribution in [-0.2, 0) is 0 Å². The lowest BCUT2D eigenvalue weighted by Crippen LogP contribution is -2.34. The first-order valence-corrected chi connectivity index (χ1v) is 10.2. The fraction of sp³-hybridized carbons (Fsp3) is 0.435. The van der Waals surface area contributed by atoms with Gasteiger partial charge >= 0.3 is 0 Å². The molecule has 0 amide bonds. The minimum absolute atomic E-state index is 0.195. The van der Waals surface area contributed by atoms with Crippen LogP contribution in [0.2, 0.25) is 0 Å². The van der Waals surface area contributed by atoms with Crippen LogP contribution in [0.5, 0.6) is 11.5 Å². The van der Waals surface area contributed by atoms with Crippen LogP contribution >= 0.6 is 0 Å². The number of aromatic nitrogens is 1. The number of phenolic OH excluding ortho intramolecular Hbond substituents is 1. The molecule has 162 valence electrons. The fourth-order valence-electron chi connectivity index (χ4n) is 3.88. The number of fused-ring (bicyclic) bond motifs is 1. The van der Waals surface area contributed by atoms with Gasteiger partial charge in [-0.25, -0.2) is 4.39 Å². The van der Waals surface area contributed by atoms with Gasteiger partial charge in [-0.2, -0.15) is 0 Å². The third-order valence-corrected chi connectivity index (χ3v) is 5.43. The molecule has 0 radical (unpaired) electrons. The molecule has 0 unspecified atom stereocenters. The molecular weight excluding hydrogens is 387 g/mol. The number of nitrogens with zero attached hydrogens (tertiary/aromatic N) is 2. The average molecular weight is 416 g/mol. The van der Waals surface area contributed by atoms with Crippen LogP contribution in [0, 0.1) is 12.7 Å². The van der Waals surface area contributed by atoms with Gasteiger partial charge in [-0.05, 0) is 69.1 Å². The topological polar surface area (TPSA) is 79.0 Å². The molecule has 3 aromatic rings. The number of hydrogen-bond donors (Lipinski definition) is 2. The van der Waals surface area contributed by atoms with Crippen molar-refractivity contribution in [3.63, 3.8) is 0 Å². The molecule has 0 atom stereocenters. The minimum atomic E-state index is -0.300. The van der Waals surface area contributed by atoms with Crippen molar-refractivity contribution in [2.45, 2.75) is 32.1 Å². The number of benzene rings is 2. The van der Waals surface area contributed by atoms with Crippen molar-refractivity contribution in [1.29, 1.82) is 0 Å². The lowest BCUT2D eigenvalue weighted by molar-refractivity contribution is 0.189. The van der Waals surface area contributed by atoms with Gasteiger partial charge in [0.15, 0.2) is 17.1 Å². The maximum atomic E-state index is 13.3. The Hall–Kier alpha value is -2.64. The highest BCUT2D eigenvalue weighted by molar-refractivity contribution is 5.79. The largest absolute Gasteiger partial charge is 0.504 e. The molecule has 2 heterocycles. The summed E-state index contributed by atoms with van der Waals surface area (Å²) in [6.07, 6.45) is 2.93. The van der Waals surface area contributed by atoms with E-state index >= 15 is 0 Å². The molecule has 1 aromatic heterocycles. The van der Waals surface area contributed by atoms with E-state index in [9.17, 15) is 9.50 Å². The molecule has 0 saturated carbocycles. The molecule has 4 rings (SSSR count). The molecule has 1 fully saturated rings. The Bertz CT molecular complexity index is 952. The zero-order chi connectivity index (χ0) is 21.5. The number of halogens is 1. The summed E-state index contributed by atoms with van der Waals surface area (Å²) >= 11 is 0. The molecule has 1 aliphatic rings. The van der Waals surface area contributed by atoms with E-state index < -0.39 is 0 Å². The summed E-state index contributed by atoms with van der Waals surface area (Å²) in [4.78, 5) is 2.43. The second-order valence-electron chi connectivity index (χ2n) is 7.50. The van der Waals surface area contributed by atoms with Gasteiger partial charge in [-0.15, -0.1) is 0 Å². The van der Waals surface area contributed by atoms with Crippen molar-refractivity contribution in [1.82, 2.24) is 10.1 Å². The number of ether oxygens (including phenoxy) is 1. The molecule has 0 bridgehead atoms. The van der Waals surface area contributed by atoms with E-state index in [1.54, 1.807) is 12.1 Å². The summed E-state index contributed by atoms with van der Waals surface area (Å²) < 4.78 is 24.3. The molecule has 6 nitrogen and oxygen atoms in total. The fourth-order valence-corrected chi connectivity index (χ4v) is 3.88. The lowest BCUT2D eigenvalue weighted by atomic mass is 9.91. The highest BCUT2D eigenvalue weighted by Crippen LogP contribution is 2.33. The van der Waals surface area contributed by atoms with Gasteiger partial charge in [0.25, 0.3) is 0 Å². The van der Waals surface area contributed by atoms with Gasteiger partial charge in [0.05, 0.1) is 12.3 Å². The Kier molecular flexibility index (Phi) is 7.65. The standard InChI is InChI=1S/C22H25FN2O3.CH4O/c1-15-3-6-20(19(26)13-15)27-12-2-9-25-10-7-16(8-11-25)22-18-5-4-17(23)14-21(18)28-24-22;1-2/h3-6,13-14,16,26H,2,7-12H2,1H3;2H,1H3. The number of rotatable bonds is 6. The number of piperidine rings is 1. The molecule has 2 N–H and O–H groups in total. The van der Waals surface area contributed by atoms with Crippen LogP contribution in [0.1, 0.15) is 36.4 Å². The lowest BCUT2D eigenvalue weighted by Gasteiger charge is -2.31. The van der Waals surface area contributed by atoms with Crippen molar-refractivity contribution < 1.29 is 23.9 Å². The zero-order valence-corrected chi connectivity index (χ0v) is 17.5. The smallest absolute Gasteiger partial charge is 0.170 e. The Morgan fingerprint density at radius 1 is 1.17 bits per heavy atom. The predicted octanol–water partition coefficient (Wildman–Crippen LogP) is 4.24. The summed E-state index contributed by atoms with van der Waals surface area (Å²) in [5, 5.41) is 22.0. The number of phenols is 1. The van der Waals surface area contributed by atoms with Gasteiger partial charge in [0, 0.05) is 31.0 Å². The normalized spacial score (nSPS) is 15.1. The highest BCUT2D eigenvalue weighted by atomic mass is 19.1. The van der Waals surface area contributed by atoms with Crippen molar-refractivity contribution in [3.8, 4) is 11.5 Å². The average Bonchev–Trinajstić information content (AvgIpc) is 3.17. The van der Waals surface area contributed by atoms with Crippen LogP contribution < -0.4 is 4.74 Å². The maximum Gasteiger partial charge on any atom is 0.170 e. The second-order valence-corrected chi connectivity index (χ2v) is 7.50. The van der Waals surface area contributed by atoms with Gasteiger partial charge in [-0.1, -0.05) is 11.2 Å². The number of aromatic hydroxyl groups is 1. The van der Waals surface area contributed by atoms with E-state index in [0.717, 1.165) is 62.7 Å². The van der Waals surface area contributed by atoms with E-state index in [2.05, 4.69) is 10.1 Å². The van der Waals surface area contributed by atoms with Gasteiger partial charge in [-0.3, -0.25) is 0 Å². The number of aliphatic hydroxyl groups is 1. The van der Waals surface area contributed by atoms with Gasteiger partial charge in [0.1, 0.15) is 5.82 Å². The van der Waals surface area contributed by atoms with Crippen LogP contribution in [-0.4, -0.2) is 53.6 Å². The first kappa shape index (κ1) is 22.1. The molecule has 1 saturated heterocycles. The molecule has 7 heteroatoms. The van der Waals surface area contributed by atoms with Crippen molar-refractivity contribution in [3.05, 3.63) is 53.5 Å². The molecule has 0 aliphatic carbocycles. The Morgan fingerprint density at radius 3 is 2.67 bits per heavy atom. The first-order valence-electron chi connectivity index (χ1n) is 10.2. The van der Waals surface area contributed by atoms with Crippen molar-refractivity contribution in [2.75, 3.05) is 33.4 Å². The molecule has 30 heavy (non-hydrogen) atoms. The van der Waals surface area contributed by atoms with E-state index in [1.807, 2.05) is 19.1 Å². The van der Waals surface area contributed by atoms with Gasteiger partial charge in [0.2, 0.25) is 0 Å². The summed E-state index contributed by atoms with van der Waals surface area (Å²) in [6, 6.07) is 10.1. The molecule has 2 aromatic carbocycles. The number of likely N-dealkylation sites (tertiary alicyclic amines) is 1. The SMILES string of the molecule is CO.Cc1ccc(OCCCN2CCC(c3noc4cc(F)ccc34)CC2)c(O)c1. The Labute approximate surface area is 175 Å². The number of hydrogen-bond acceptors (Lipinski definition) is 6. The molecular formula is C23H29FN2O4. The van der Waals surface area contributed by atoms with Crippen LogP contribution in [0.4, 0.5) is 4.39 Å². The van der Waals surface area contributed by atoms with E-state index in [1.165, 1.54) is 12.1 Å². The monoisotopic (exact) mass is 416 g/mol. The minimum Gasteiger partial charge on any atom is -0.504 e. The van der Waals surface area contributed by atoms with Crippen molar-refractivity contribution >= 4 is 11.0 Å². The summed E-state index contributed by atoms with van der Waals surface area (Å²) in [5.74, 6) is 0.786. The third-order valence-electron chi connectivity index (χ3n) is 5.43. The number of aliphatic hydroxyl groups excluding tert-OH is 1. The van der Waals surface area contributed by atoms with E-state index in [-0.39, 0.29) is 11.6 Å². The zero-order valence-electron chi connectivity index (χ0n) is 17.5. The van der Waals surface area contributed by atoms with Crippen LogP contribution in [0.3, 0.4) is 0 Å². The summed E-state index contributed by atoms with van der Waals surface area (Å²) in [7, 11) is 1.00. The molecule has 1 aliphatic heterocycles. The highest BCUT2D eigenvalue weighted by Gasteiger charge is 2.25. The summed E-state index contributed by atoms with van der Waals surface area (Å²) in [6.45, 7) is 5.47. The van der Waals surface area contributed by atoms with Crippen molar-refractivity contribution in [2.24, 2.45) is 0 Å². The first-order chi connectivity index (χ1) is 14.6.